The van der Waals surface area contributed by atoms with E-state index in [1.54, 1.807) is 0 Å². The van der Waals surface area contributed by atoms with Gasteiger partial charge in [-0.3, -0.25) is 14.6 Å². The lowest BCUT2D eigenvalue weighted by atomic mass is 9.49. The molecule has 4 aliphatic rings. The van der Waals surface area contributed by atoms with Crippen molar-refractivity contribution in [2.45, 2.75) is 58.8 Å². The fourth-order valence-corrected chi connectivity index (χ4v) is 8.19. The summed E-state index contributed by atoms with van der Waals surface area (Å²) >= 11 is 0. The van der Waals surface area contributed by atoms with Crippen LogP contribution < -0.4 is 5.32 Å². The van der Waals surface area contributed by atoms with E-state index in [2.05, 4.69) is 37.4 Å². The van der Waals surface area contributed by atoms with Crippen LogP contribution in [0, 0.1) is 34.5 Å². The van der Waals surface area contributed by atoms with E-state index >= 15 is 0 Å². The van der Waals surface area contributed by atoms with Crippen LogP contribution in [0.25, 0.3) is 10.8 Å². The molecule has 1 heterocycles. The van der Waals surface area contributed by atoms with Gasteiger partial charge in [-0.2, -0.15) is 0 Å². The Labute approximate surface area is 196 Å². The second-order valence-electron chi connectivity index (χ2n) is 11.5. The van der Waals surface area contributed by atoms with Crippen molar-refractivity contribution in [3.63, 3.8) is 0 Å². The first-order chi connectivity index (χ1) is 15.9. The molecule has 1 N–H and O–H groups in total. The van der Waals surface area contributed by atoms with Gasteiger partial charge < -0.3 is 5.32 Å². The first kappa shape index (κ1) is 21.1. The third-order valence-corrected chi connectivity index (χ3v) is 10.1. The number of nitrogens with one attached hydrogen (secondary N) is 1. The normalized spacial score (nSPS) is 37.6. The highest BCUT2D eigenvalue weighted by Gasteiger charge is 2.60. The Morgan fingerprint density at radius 2 is 1.82 bits per heavy atom. The summed E-state index contributed by atoms with van der Waals surface area (Å²) in [5, 5.41) is 5.57. The summed E-state index contributed by atoms with van der Waals surface area (Å²) < 4.78 is 0. The third kappa shape index (κ3) is 3.13. The number of fused-ring (bicyclic) bond motifs is 6. The minimum absolute atomic E-state index is 0.0315. The Bertz CT molecular complexity index is 1160. The lowest BCUT2D eigenvalue weighted by Crippen LogP contribution is -2.55. The lowest BCUT2D eigenvalue weighted by Gasteiger charge is -2.56. The monoisotopic (exact) mass is 442 g/mol. The number of hydrogen-bond donors (Lipinski definition) is 1. The SMILES string of the molecule is C[C@]12CC[C@H]3[C@@H](CN=C4CC(=O)CC[C@@]43C)[C@@H]1CC[C@@H]2C(=O)Nc1cccc2ccccc12. The summed E-state index contributed by atoms with van der Waals surface area (Å²) in [4.78, 5) is 30.7. The minimum atomic E-state index is 0.0315. The molecule has 4 nitrogen and oxygen atoms in total. The van der Waals surface area contributed by atoms with Gasteiger partial charge in [-0.1, -0.05) is 50.2 Å². The van der Waals surface area contributed by atoms with Gasteiger partial charge in [0.05, 0.1) is 0 Å². The maximum Gasteiger partial charge on any atom is 0.228 e. The van der Waals surface area contributed by atoms with E-state index in [4.69, 9.17) is 4.99 Å². The van der Waals surface area contributed by atoms with Gasteiger partial charge in [0.25, 0.3) is 0 Å². The Morgan fingerprint density at radius 3 is 2.70 bits per heavy atom. The fraction of sp³-hybridized carbons (Fsp3) is 0.552. The molecule has 33 heavy (non-hydrogen) atoms. The molecule has 3 fully saturated rings. The number of carbonyl (C=O) groups excluding carboxylic acids is 2. The highest BCUT2D eigenvalue weighted by Crippen LogP contribution is 2.63. The average molecular weight is 443 g/mol. The van der Waals surface area contributed by atoms with Crippen molar-refractivity contribution < 1.29 is 9.59 Å². The van der Waals surface area contributed by atoms with E-state index in [9.17, 15) is 9.59 Å². The van der Waals surface area contributed by atoms with Gasteiger partial charge in [0.2, 0.25) is 5.91 Å². The second-order valence-corrected chi connectivity index (χ2v) is 11.5. The molecule has 1 aliphatic heterocycles. The quantitative estimate of drug-likeness (QED) is 0.615. The van der Waals surface area contributed by atoms with E-state index in [1.807, 2.05) is 24.3 Å². The Balaban J connectivity index is 1.26. The van der Waals surface area contributed by atoms with Gasteiger partial charge >= 0.3 is 0 Å². The van der Waals surface area contributed by atoms with Crippen LogP contribution in [0.1, 0.15) is 58.8 Å². The number of carbonyl (C=O) groups is 2. The molecule has 2 aromatic carbocycles. The van der Waals surface area contributed by atoms with Crippen molar-refractivity contribution in [1.82, 2.24) is 0 Å². The summed E-state index contributed by atoms with van der Waals surface area (Å²) in [6.07, 6.45) is 6.56. The lowest BCUT2D eigenvalue weighted by molar-refractivity contribution is -0.127. The highest BCUT2D eigenvalue weighted by atomic mass is 16.2. The van der Waals surface area contributed by atoms with Crippen LogP contribution in [0.2, 0.25) is 0 Å². The molecular weight excluding hydrogens is 408 g/mol. The molecule has 0 saturated heterocycles. The predicted molar refractivity (Wildman–Crippen MR) is 132 cm³/mol. The maximum absolute atomic E-state index is 13.6. The maximum atomic E-state index is 13.6. The Hall–Kier alpha value is -2.49. The summed E-state index contributed by atoms with van der Waals surface area (Å²) in [6.45, 7) is 5.60. The predicted octanol–water partition coefficient (Wildman–Crippen LogP) is 6.05. The summed E-state index contributed by atoms with van der Waals surface area (Å²) in [5.74, 6) is 2.28. The molecule has 1 amide bonds. The van der Waals surface area contributed by atoms with Gasteiger partial charge in [-0.25, -0.2) is 0 Å². The molecule has 0 spiro atoms. The average Bonchev–Trinajstić information content (AvgIpc) is 3.17. The van der Waals surface area contributed by atoms with Crippen molar-refractivity contribution in [3.05, 3.63) is 42.5 Å². The van der Waals surface area contributed by atoms with E-state index < -0.39 is 0 Å². The van der Waals surface area contributed by atoms with Crippen LogP contribution in [-0.2, 0) is 9.59 Å². The van der Waals surface area contributed by atoms with Crippen molar-refractivity contribution in [2.24, 2.45) is 39.5 Å². The number of aliphatic imine (C=N–C) groups is 1. The number of rotatable bonds is 2. The van der Waals surface area contributed by atoms with Crippen molar-refractivity contribution in [2.75, 3.05) is 11.9 Å². The van der Waals surface area contributed by atoms with Crippen molar-refractivity contribution in [3.8, 4) is 0 Å². The number of benzene rings is 2. The van der Waals surface area contributed by atoms with Crippen LogP contribution in [0.3, 0.4) is 0 Å². The molecule has 0 unspecified atom stereocenters. The Morgan fingerprint density at radius 1 is 1.00 bits per heavy atom. The van der Waals surface area contributed by atoms with Gasteiger partial charge in [-0.05, 0) is 66.7 Å². The molecule has 172 valence electrons. The summed E-state index contributed by atoms with van der Waals surface area (Å²) in [5.41, 5.74) is 2.21. The molecule has 2 aromatic rings. The van der Waals surface area contributed by atoms with E-state index in [0.717, 1.165) is 55.1 Å². The second kappa shape index (κ2) is 7.51. The molecule has 3 aliphatic carbocycles. The van der Waals surface area contributed by atoms with Crippen molar-refractivity contribution in [1.29, 1.82) is 0 Å². The van der Waals surface area contributed by atoms with E-state index in [0.29, 0.717) is 36.4 Å². The highest BCUT2D eigenvalue weighted by molar-refractivity contribution is 6.07. The summed E-state index contributed by atoms with van der Waals surface area (Å²) in [7, 11) is 0. The first-order valence-electron chi connectivity index (χ1n) is 12.7. The Kier molecular flexibility index (Phi) is 4.80. The number of nitrogens with zero attached hydrogens (tertiary/aromatic N) is 1. The zero-order chi connectivity index (χ0) is 22.8. The number of amides is 1. The van der Waals surface area contributed by atoms with Crippen LogP contribution in [0.15, 0.2) is 47.5 Å². The number of hydrogen-bond acceptors (Lipinski definition) is 3. The molecule has 4 heteroatoms. The minimum Gasteiger partial charge on any atom is -0.325 e. The third-order valence-electron chi connectivity index (χ3n) is 10.1. The van der Waals surface area contributed by atoms with Crippen LogP contribution in [-0.4, -0.2) is 23.9 Å². The topological polar surface area (TPSA) is 58.5 Å². The van der Waals surface area contributed by atoms with Crippen LogP contribution >= 0.6 is 0 Å². The molecular formula is C29H34N2O2. The largest absolute Gasteiger partial charge is 0.325 e. The molecule has 0 bridgehead atoms. The zero-order valence-electron chi connectivity index (χ0n) is 19.8. The molecule has 0 radical (unpaired) electrons. The van der Waals surface area contributed by atoms with Crippen LogP contribution in [0.4, 0.5) is 5.69 Å². The van der Waals surface area contributed by atoms with Crippen LogP contribution in [0.5, 0.6) is 0 Å². The smallest absolute Gasteiger partial charge is 0.228 e. The molecule has 6 rings (SSSR count). The van der Waals surface area contributed by atoms with Crippen molar-refractivity contribution >= 4 is 33.9 Å². The molecule has 0 aromatic heterocycles. The van der Waals surface area contributed by atoms with Gasteiger partial charge in [-0.15, -0.1) is 0 Å². The van der Waals surface area contributed by atoms with Gasteiger partial charge in [0, 0.05) is 47.5 Å². The van der Waals surface area contributed by atoms with E-state index in [1.165, 1.54) is 5.71 Å². The van der Waals surface area contributed by atoms with Gasteiger partial charge in [0.1, 0.15) is 5.78 Å². The molecule has 6 atom stereocenters. The standard InChI is InChI=1S/C29H34N2O2/c1-28-15-13-23-21(17-30-26-16-19(32)12-14-29(23,26)2)22(28)10-11-24(28)27(33)31-25-9-5-7-18-6-3-4-8-20(18)25/h3-9,21-24H,10-17H2,1-2H3,(H,31,33)/t21-,22-,23-,24+,28-,29+/m0/s1. The molecule has 3 saturated carbocycles. The first-order valence-corrected chi connectivity index (χ1v) is 12.7. The summed E-state index contributed by atoms with van der Waals surface area (Å²) in [6, 6.07) is 14.4. The number of anilines is 1. The van der Waals surface area contributed by atoms with Gasteiger partial charge in [0.15, 0.2) is 0 Å². The fourth-order valence-electron chi connectivity index (χ4n) is 8.19. The number of Topliss-reactive ketones (excluding diaryl/α,β-unsaturated/α-hetero) is 1. The number of ketones is 1. The zero-order valence-corrected chi connectivity index (χ0v) is 19.8. The van der Waals surface area contributed by atoms with E-state index in [-0.39, 0.29) is 22.7 Å².